The summed E-state index contributed by atoms with van der Waals surface area (Å²) in [5.74, 6) is -0.0586. The Kier molecular flexibility index (Phi) is 66.0. The van der Waals surface area contributed by atoms with E-state index < -0.39 is 12.1 Å². The van der Waals surface area contributed by atoms with Crippen LogP contribution in [0.1, 0.15) is 367 Å². The van der Waals surface area contributed by atoms with Crippen molar-refractivity contribution in [1.82, 2.24) is 5.32 Å². The molecule has 3 N–H and O–H groups in total. The standard InChI is InChI=1S/C73H135NO5/c1-3-5-7-9-11-13-15-16-17-37-41-44-47-51-55-59-63-67-73(78)79-68-64-60-56-52-48-45-42-39-36-34-32-30-28-26-24-22-20-18-19-21-23-25-27-29-31-33-35-38-40-43-46-50-54-58-62-66-72(77)74-70(69-75)71(76)65-61-57-53-49-14-12-10-8-6-4-2/h11,13,16-17,20,22,26,28,61,65,70-71,75-76H,3-10,12,14-15,18-19,21,23-25,27,29-60,62-64,66-69H2,1-2H3,(H,74,77)/b13-11-,17-16-,22-20-,28-26-,65-61+. The Morgan fingerprint density at radius 2 is 0.633 bits per heavy atom. The van der Waals surface area contributed by atoms with Gasteiger partial charge in [-0.25, -0.2) is 0 Å². The Morgan fingerprint density at radius 3 is 0.987 bits per heavy atom. The summed E-state index contributed by atoms with van der Waals surface area (Å²) in [6.45, 7) is 4.87. The predicted octanol–water partition coefficient (Wildman–Crippen LogP) is 22.6. The molecule has 0 aromatic heterocycles. The topological polar surface area (TPSA) is 95.9 Å². The molecule has 1 amide bonds. The molecule has 0 aliphatic carbocycles. The molecule has 0 bridgehead atoms. The molecule has 2 unspecified atom stereocenters. The lowest BCUT2D eigenvalue weighted by atomic mass is 10.0. The van der Waals surface area contributed by atoms with E-state index in [0.717, 1.165) is 57.8 Å². The van der Waals surface area contributed by atoms with Gasteiger partial charge in [-0.05, 0) is 96.3 Å². The third-order valence-corrected chi connectivity index (χ3v) is 16.0. The maximum Gasteiger partial charge on any atom is 0.305 e. The number of amides is 1. The van der Waals surface area contributed by atoms with Gasteiger partial charge in [-0.2, -0.15) is 0 Å². The Morgan fingerprint density at radius 1 is 0.354 bits per heavy atom. The van der Waals surface area contributed by atoms with Crippen LogP contribution in [0.5, 0.6) is 0 Å². The smallest absolute Gasteiger partial charge is 0.305 e. The van der Waals surface area contributed by atoms with E-state index in [0.29, 0.717) is 19.4 Å². The minimum absolute atomic E-state index is 0.00849. The van der Waals surface area contributed by atoms with Crippen molar-refractivity contribution in [1.29, 1.82) is 0 Å². The van der Waals surface area contributed by atoms with E-state index in [9.17, 15) is 19.8 Å². The van der Waals surface area contributed by atoms with Crippen molar-refractivity contribution in [3.05, 3.63) is 60.8 Å². The highest BCUT2D eigenvalue weighted by atomic mass is 16.5. The number of carbonyl (C=O) groups excluding carboxylic acids is 2. The van der Waals surface area contributed by atoms with Crippen LogP contribution in [-0.2, 0) is 14.3 Å². The molecular formula is C73H135NO5. The Bertz CT molecular complexity index is 1370. The normalized spacial score (nSPS) is 12.9. The summed E-state index contributed by atoms with van der Waals surface area (Å²) < 4.78 is 5.50. The van der Waals surface area contributed by atoms with Gasteiger partial charge in [0.15, 0.2) is 0 Å². The zero-order valence-corrected chi connectivity index (χ0v) is 52.9. The fourth-order valence-corrected chi connectivity index (χ4v) is 10.6. The predicted molar refractivity (Wildman–Crippen MR) is 347 cm³/mol. The molecule has 0 aliphatic heterocycles. The summed E-state index contributed by atoms with van der Waals surface area (Å²) in [7, 11) is 0. The van der Waals surface area contributed by atoms with Gasteiger partial charge in [0.25, 0.3) is 0 Å². The van der Waals surface area contributed by atoms with Crippen LogP contribution in [0.4, 0.5) is 0 Å². The molecule has 0 aliphatic rings. The van der Waals surface area contributed by atoms with Crippen LogP contribution in [0.3, 0.4) is 0 Å². The third-order valence-electron chi connectivity index (χ3n) is 16.0. The summed E-state index contributed by atoms with van der Waals surface area (Å²) in [5.41, 5.74) is 0. The fourth-order valence-electron chi connectivity index (χ4n) is 10.6. The van der Waals surface area contributed by atoms with Gasteiger partial charge in [-0.15, -0.1) is 0 Å². The first-order valence-corrected chi connectivity index (χ1v) is 35.1. The maximum atomic E-state index is 12.4. The van der Waals surface area contributed by atoms with Gasteiger partial charge in [0, 0.05) is 12.8 Å². The molecule has 0 saturated heterocycles. The number of rotatable bonds is 65. The number of nitrogens with one attached hydrogen (secondary N) is 1. The van der Waals surface area contributed by atoms with Crippen molar-refractivity contribution in [3.63, 3.8) is 0 Å². The van der Waals surface area contributed by atoms with Gasteiger partial charge in [-0.1, -0.05) is 319 Å². The number of aliphatic hydroxyl groups is 2. The largest absolute Gasteiger partial charge is 0.466 e. The Labute approximate surface area is 492 Å². The molecule has 0 rings (SSSR count). The van der Waals surface area contributed by atoms with Crippen LogP contribution >= 0.6 is 0 Å². The second kappa shape index (κ2) is 68.1. The van der Waals surface area contributed by atoms with Gasteiger partial charge >= 0.3 is 5.97 Å². The van der Waals surface area contributed by atoms with Crippen LogP contribution in [0.15, 0.2) is 60.8 Å². The van der Waals surface area contributed by atoms with Crippen molar-refractivity contribution < 1.29 is 24.5 Å². The molecule has 6 heteroatoms. The third kappa shape index (κ3) is 64.6. The van der Waals surface area contributed by atoms with E-state index in [4.69, 9.17) is 4.74 Å². The number of carbonyl (C=O) groups is 2. The van der Waals surface area contributed by atoms with Crippen molar-refractivity contribution in [2.24, 2.45) is 0 Å². The van der Waals surface area contributed by atoms with Crippen LogP contribution < -0.4 is 5.32 Å². The SMILES string of the molecule is CCCCC/C=C\C/C=C\CCCCCCCCCC(=O)OCCCCCCCCCCCCC/C=C\C/C=C\CCCCCCCCCCCCCCCCCCCC(=O)NC(CO)C(O)/C=C/CCCCCCCCCC. The monoisotopic (exact) mass is 1110 g/mol. The molecule has 0 fully saturated rings. The molecule has 0 heterocycles. The molecular weight excluding hydrogens is 971 g/mol. The number of esters is 1. The minimum Gasteiger partial charge on any atom is -0.466 e. The van der Waals surface area contributed by atoms with Gasteiger partial charge in [0.2, 0.25) is 5.91 Å². The lowest BCUT2D eigenvalue weighted by Crippen LogP contribution is -2.45. The quantitative estimate of drug-likeness (QED) is 0.0320. The number of allylic oxidation sites excluding steroid dienone is 9. The summed E-state index contributed by atoms with van der Waals surface area (Å²) in [5, 5.41) is 23.0. The van der Waals surface area contributed by atoms with Gasteiger partial charge in [0.1, 0.15) is 0 Å². The van der Waals surface area contributed by atoms with Crippen LogP contribution in [0.2, 0.25) is 0 Å². The second-order valence-corrected chi connectivity index (χ2v) is 23.9. The van der Waals surface area contributed by atoms with Crippen LogP contribution in [0, 0.1) is 0 Å². The van der Waals surface area contributed by atoms with Crippen molar-refractivity contribution >= 4 is 11.9 Å². The van der Waals surface area contributed by atoms with E-state index in [1.54, 1.807) is 6.08 Å². The maximum absolute atomic E-state index is 12.4. The Balaban J connectivity index is 3.36. The number of unbranched alkanes of at least 4 members (excludes halogenated alkanes) is 46. The summed E-state index contributed by atoms with van der Waals surface area (Å²) >= 11 is 0. The molecule has 6 nitrogen and oxygen atoms in total. The van der Waals surface area contributed by atoms with Gasteiger partial charge in [-0.3, -0.25) is 9.59 Å². The fraction of sp³-hybridized carbons (Fsp3) is 0.836. The molecule has 0 aromatic rings. The highest BCUT2D eigenvalue weighted by Gasteiger charge is 2.18. The van der Waals surface area contributed by atoms with Crippen molar-refractivity contribution in [2.75, 3.05) is 13.2 Å². The Hall–Kier alpha value is -2.44. The first kappa shape index (κ1) is 76.6. The number of hydrogen-bond acceptors (Lipinski definition) is 5. The zero-order valence-electron chi connectivity index (χ0n) is 52.9. The minimum atomic E-state index is -0.841. The summed E-state index contributed by atoms with van der Waals surface area (Å²) in [6.07, 6.45) is 90.3. The van der Waals surface area contributed by atoms with E-state index in [2.05, 4.69) is 67.8 Å². The first-order chi connectivity index (χ1) is 39.0. The van der Waals surface area contributed by atoms with Crippen LogP contribution in [-0.4, -0.2) is 47.4 Å². The zero-order chi connectivity index (χ0) is 57.1. The van der Waals surface area contributed by atoms with Crippen LogP contribution in [0.25, 0.3) is 0 Å². The molecule has 0 aromatic carbocycles. The van der Waals surface area contributed by atoms with Gasteiger partial charge in [0.05, 0.1) is 25.4 Å². The second-order valence-electron chi connectivity index (χ2n) is 23.9. The first-order valence-electron chi connectivity index (χ1n) is 35.1. The molecule has 462 valence electrons. The summed E-state index contributed by atoms with van der Waals surface area (Å²) in [4.78, 5) is 24.5. The average Bonchev–Trinajstić information content (AvgIpc) is 3.45. The molecule has 2 atom stereocenters. The van der Waals surface area contributed by atoms with E-state index in [1.165, 1.54) is 283 Å². The average molecular weight is 1110 g/mol. The number of aliphatic hydroxyl groups excluding tert-OH is 2. The van der Waals surface area contributed by atoms with Gasteiger partial charge < -0.3 is 20.3 Å². The molecule has 0 spiro atoms. The lowest BCUT2D eigenvalue weighted by molar-refractivity contribution is -0.143. The van der Waals surface area contributed by atoms with E-state index in [-0.39, 0.29) is 18.5 Å². The lowest BCUT2D eigenvalue weighted by Gasteiger charge is -2.20. The number of hydrogen-bond donors (Lipinski definition) is 3. The van der Waals surface area contributed by atoms with Crippen molar-refractivity contribution in [2.45, 2.75) is 379 Å². The number of ether oxygens (including phenoxy) is 1. The molecule has 0 saturated carbocycles. The van der Waals surface area contributed by atoms with E-state index >= 15 is 0 Å². The molecule has 79 heavy (non-hydrogen) atoms. The molecule has 0 radical (unpaired) electrons. The summed E-state index contributed by atoms with van der Waals surface area (Å²) in [6, 6.07) is -0.625. The van der Waals surface area contributed by atoms with E-state index in [1.807, 2.05) is 6.08 Å². The highest BCUT2D eigenvalue weighted by Crippen LogP contribution is 2.18. The highest BCUT2D eigenvalue weighted by molar-refractivity contribution is 5.76. The van der Waals surface area contributed by atoms with Crippen molar-refractivity contribution in [3.8, 4) is 0 Å².